The molecule has 1 radical (unpaired) electrons. The topological polar surface area (TPSA) is 65.2 Å². The van der Waals surface area contributed by atoms with Gasteiger partial charge in [0, 0.05) is 28.4 Å². The van der Waals surface area contributed by atoms with Crippen molar-refractivity contribution in [2.45, 2.75) is 39.5 Å². The quantitative estimate of drug-likeness (QED) is 0.444. The van der Waals surface area contributed by atoms with Crippen LogP contribution in [0.4, 0.5) is 5.69 Å². The predicted octanol–water partition coefficient (Wildman–Crippen LogP) is 6.39. The summed E-state index contributed by atoms with van der Waals surface area (Å²) in [5.74, 6) is 1.07. The Hall–Kier alpha value is -2.10. The van der Waals surface area contributed by atoms with Crippen LogP contribution in [-0.4, -0.2) is 10.2 Å². The summed E-state index contributed by atoms with van der Waals surface area (Å²) in [6, 6.07) is 7.95. The maximum absolute atomic E-state index is 10.7. The molecule has 1 fully saturated rings. The van der Waals surface area contributed by atoms with Crippen molar-refractivity contribution in [1.29, 1.82) is 0 Å². The van der Waals surface area contributed by atoms with Crippen LogP contribution < -0.4 is 0 Å². The van der Waals surface area contributed by atoms with Crippen LogP contribution in [0.2, 0.25) is 0 Å². The number of hydrogen-bond donors (Lipinski definition) is 2. The molecule has 2 aromatic rings. The molecule has 5 heteroatoms. The van der Waals surface area contributed by atoms with E-state index in [1.165, 1.54) is 6.42 Å². The molecule has 27 heavy (non-hydrogen) atoms. The Morgan fingerprint density at radius 1 is 1.00 bits per heavy atom. The van der Waals surface area contributed by atoms with Crippen molar-refractivity contribution < 1.29 is 27.3 Å². The molecule has 0 aliphatic heterocycles. The molecule has 2 aliphatic carbocycles. The number of aliphatic hydroxyl groups is 1. The summed E-state index contributed by atoms with van der Waals surface area (Å²) in [5.41, 5.74) is 2.84. The van der Waals surface area contributed by atoms with Crippen molar-refractivity contribution in [2.75, 3.05) is 0 Å². The van der Waals surface area contributed by atoms with Gasteiger partial charge >= 0.3 is 0 Å². The Morgan fingerprint density at radius 2 is 1.78 bits per heavy atom. The summed E-state index contributed by atoms with van der Waals surface area (Å²) in [7, 11) is 0. The number of azo groups is 1. The monoisotopic (exact) mass is 411 g/mol. The van der Waals surface area contributed by atoms with E-state index in [9.17, 15) is 10.2 Å². The van der Waals surface area contributed by atoms with E-state index in [2.05, 4.69) is 16.3 Å². The van der Waals surface area contributed by atoms with E-state index in [0.29, 0.717) is 23.1 Å². The Balaban J connectivity index is 0.00000210. The van der Waals surface area contributed by atoms with Crippen molar-refractivity contribution in [3.8, 4) is 5.75 Å². The van der Waals surface area contributed by atoms with Gasteiger partial charge in [0.05, 0.1) is 0 Å². The van der Waals surface area contributed by atoms with Gasteiger partial charge in [-0.25, -0.2) is 0 Å². The van der Waals surface area contributed by atoms with Gasteiger partial charge in [0.25, 0.3) is 0 Å². The van der Waals surface area contributed by atoms with Crippen LogP contribution >= 0.6 is 0 Å². The van der Waals surface area contributed by atoms with E-state index in [0.717, 1.165) is 41.2 Å². The normalized spacial score (nSPS) is 22.1. The second-order valence-electron chi connectivity index (χ2n) is 7.45. The van der Waals surface area contributed by atoms with Crippen LogP contribution in [0.5, 0.6) is 5.75 Å². The summed E-state index contributed by atoms with van der Waals surface area (Å²) >= 11 is 0. The molecule has 0 aromatic heterocycles. The van der Waals surface area contributed by atoms with E-state index >= 15 is 0 Å². The van der Waals surface area contributed by atoms with Crippen molar-refractivity contribution in [3.63, 3.8) is 0 Å². The molecule has 4 rings (SSSR count). The standard InChI is InChI=1S/C22H24N2O2.Cu/c1-13-6-5-8-16-12-14(2)20(22(26)19(13)16)24-23-18-11-10-15-7-3-4-9-17(15)21(18)25;/h5-6,8,10-12,15,17,25-26H,3-4,7,9H2,1-2H3;. The van der Waals surface area contributed by atoms with Gasteiger partial charge in [0.1, 0.15) is 17.1 Å². The number of allylic oxidation sites excluding steroid dienone is 3. The van der Waals surface area contributed by atoms with Gasteiger partial charge in [0.15, 0.2) is 5.75 Å². The maximum atomic E-state index is 10.7. The largest absolute Gasteiger partial charge is 0.510 e. The second kappa shape index (κ2) is 7.87. The third-order valence-corrected chi connectivity index (χ3v) is 5.70. The number of benzene rings is 2. The molecule has 2 N–H and O–H groups in total. The van der Waals surface area contributed by atoms with Crippen LogP contribution in [0.1, 0.15) is 36.8 Å². The zero-order valence-electron chi connectivity index (χ0n) is 15.5. The fourth-order valence-corrected chi connectivity index (χ4v) is 4.28. The van der Waals surface area contributed by atoms with E-state index < -0.39 is 0 Å². The number of nitrogens with zero attached hydrogens (tertiary/aromatic N) is 2. The first-order chi connectivity index (χ1) is 12.6. The fraction of sp³-hybridized carbons (Fsp3) is 0.364. The average Bonchev–Trinajstić information content (AvgIpc) is 2.63. The van der Waals surface area contributed by atoms with Crippen LogP contribution in [0, 0.1) is 25.7 Å². The van der Waals surface area contributed by atoms with Crippen LogP contribution in [0.15, 0.2) is 58.1 Å². The summed E-state index contributed by atoms with van der Waals surface area (Å²) in [6.07, 6.45) is 8.50. The first kappa shape index (κ1) is 19.7. The Morgan fingerprint density at radius 3 is 2.59 bits per heavy atom. The predicted molar refractivity (Wildman–Crippen MR) is 104 cm³/mol. The van der Waals surface area contributed by atoms with E-state index in [4.69, 9.17) is 0 Å². The molecule has 2 atom stereocenters. The number of hydrogen-bond acceptors (Lipinski definition) is 4. The average molecular weight is 412 g/mol. The van der Waals surface area contributed by atoms with Gasteiger partial charge in [-0.3, -0.25) is 0 Å². The smallest absolute Gasteiger partial charge is 0.151 e. The molecule has 0 amide bonds. The molecule has 145 valence electrons. The number of fused-ring (bicyclic) bond motifs is 2. The van der Waals surface area contributed by atoms with Crippen molar-refractivity contribution in [1.82, 2.24) is 0 Å². The van der Waals surface area contributed by atoms with E-state index in [1.54, 1.807) is 0 Å². The molecular formula is C22H24CuN2O2. The summed E-state index contributed by atoms with van der Waals surface area (Å²) in [5, 5.41) is 31.8. The molecule has 0 bridgehead atoms. The van der Waals surface area contributed by atoms with Crippen molar-refractivity contribution >= 4 is 16.5 Å². The fourth-order valence-electron chi connectivity index (χ4n) is 4.28. The molecular weight excluding hydrogens is 388 g/mol. The molecule has 2 aliphatic rings. The molecule has 2 aromatic carbocycles. The number of phenols is 1. The summed E-state index contributed by atoms with van der Waals surface area (Å²) in [4.78, 5) is 0. The molecule has 1 saturated carbocycles. The third-order valence-electron chi connectivity index (χ3n) is 5.70. The number of aryl methyl sites for hydroxylation is 2. The van der Waals surface area contributed by atoms with Gasteiger partial charge in [0.2, 0.25) is 0 Å². The van der Waals surface area contributed by atoms with Crippen LogP contribution in [0.3, 0.4) is 0 Å². The van der Waals surface area contributed by atoms with Crippen molar-refractivity contribution in [3.05, 3.63) is 59.0 Å². The summed E-state index contributed by atoms with van der Waals surface area (Å²) < 4.78 is 0. The van der Waals surface area contributed by atoms with E-state index in [1.807, 2.05) is 44.2 Å². The number of rotatable bonds is 2. The summed E-state index contributed by atoms with van der Waals surface area (Å²) in [6.45, 7) is 3.89. The zero-order valence-corrected chi connectivity index (χ0v) is 16.5. The van der Waals surface area contributed by atoms with E-state index in [-0.39, 0.29) is 28.7 Å². The maximum Gasteiger partial charge on any atom is 0.151 e. The minimum Gasteiger partial charge on any atom is -0.510 e. The van der Waals surface area contributed by atoms with Crippen LogP contribution in [0.25, 0.3) is 10.8 Å². The minimum absolute atomic E-state index is 0. The number of aromatic hydroxyl groups is 1. The molecule has 0 saturated heterocycles. The van der Waals surface area contributed by atoms with Gasteiger partial charge < -0.3 is 10.2 Å². The van der Waals surface area contributed by atoms with Gasteiger partial charge in [-0.1, -0.05) is 37.1 Å². The third kappa shape index (κ3) is 3.54. The van der Waals surface area contributed by atoms with Gasteiger partial charge in [-0.2, -0.15) is 0 Å². The first-order valence-electron chi connectivity index (χ1n) is 9.31. The Kier molecular flexibility index (Phi) is 5.73. The Bertz CT molecular complexity index is 962. The molecule has 2 unspecified atom stereocenters. The molecule has 0 heterocycles. The Labute approximate surface area is 170 Å². The van der Waals surface area contributed by atoms with Crippen LogP contribution in [-0.2, 0) is 17.1 Å². The zero-order chi connectivity index (χ0) is 18.3. The molecule has 4 nitrogen and oxygen atoms in total. The van der Waals surface area contributed by atoms with Crippen molar-refractivity contribution in [2.24, 2.45) is 22.1 Å². The van der Waals surface area contributed by atoms with Gasteiger partial charge in [-0.15, -0.1) is 10.2 Å². The molecule has 0 spiro atoms. The second-order valence-corrected chi connectivity index (χ2v) is 7.45. The minimum atomic E-state index is 0. The van der Waals surface area contributed by atoms with Gasteiger partial charge in [-0.05, 0) is 61.3 Å². The number of phenolic OH excluding ortho intramolecular Hbond substituents is 1. The first-order valence-corrected chi connectivity index (χ1v) is 9.31. The SMILES string of the molecule is Cc1cc2cccc(C)c2c(O)c1N=NC1=C(O)C2CCCCC2C=C1.[Cu]. The number of aliphatic hydroxyl groups excluding tert-OH is 1.